The van der Waals surface area contributed by atoms with Gasteiger partial charge in [-0.05, 0) is 49.2 Å². The van der Waals surface area contributed by atoms with Crippen molar-refractivity contribution < 1.29 is 19.0 Å². The molecule has 2 aromatic carbocycles. The normalized spacial score (nSPS) is 14.3. The Morgan fingerprint density at radius 2 is 1.62 bits per heavy atom. The van der Waals surface area contributed by atoms with Gasteiger partial charge in [-0.15, -0.1) is 0 Å². The molecule has 0 radical (unpaired) electrons. The van der Waals surface area contributed by atoms with Gasteiger partial charge in [0.2, 0.25) is 0 Å². The van der Waals surface area contributed by atoms with Crippen LogP contribution in [-0.2, 0) is 0 Å². The summed E-state index contributed by atoms with van der Waals surface area (Å²) in [5, 5.41) is 6.44. The van der Waals surface area contributed by atoms with Crippen molar-refractivity contribution in [3.05, 3.63) is 48.0 Å². The molecule has 6 heteroatoms. The zero-order valence-electron chi connectivity index (χ0n) is 17.2. The first-order valence-electron chi connectivity index (χ1n) is 10.2. The van der Waals surface area contributed by atoms with E-state index in [-0.39, 0.29) is 5.91 Å². The maximum absolute atomic E-state index is 12.7. The molecular weight excluding hydrogens is 368 g/mol. The van der Waals surface area contributed by atoms with Crippen molar-refractivity contribution in [1.82, 2.24) is 5.32 Å². The molecule has 2 aromatic rings. The summed E-state index contributed by atoms with van der Waals surface area (Å²) in [7, 11) is 3.06. The van der Waals surface area contributed by atoms with Crippen molar-refractivity contribution in [2.24, 2.45) is 0 Å². The van der Waals surface area contributed by atoms with Crippen LogP contribution in [0.25, 0.3) is 0 Å². The first-order valence-corrected chi connectivity index (χ1v) is 10.2. The predicted octanol–water partition coefficient (Wildman–Crippen LogP) is 4.26. The molecule has 29 heavy (non-hydrogen) atoms. The molecule has 3 rings (SSSR count). The molecule has 0 spiro atoms. The van der Waals surface area contributed by atoms with E-state index in [1.54, 1.807) is 18.2 Å². The molecule has 2 N–H and O–H groups in total. The Hall–Kier alpha value is -2.73. The van der Waals surface area contributed by atoms with Crippen LogP contribution < -0.4 is 24.8 Å². The maximum Gasteiger partial charge on any atom is 0.263 e. The molecule has 0 aliphatic heterocycles. The monoisotopic (exact) mass is 398 g/mol. The lowest BCUT2D eigenvalue weighted by Gasteiger charge is -2.22. The van der Waals surface area contributed by atoms with E-state index in [0.717, 1.165) is 12.3 Å². The number of hydrogen-bond acceptors (Lipinski definition) is 5. The molecule has 0 atom stereocenters. The van der Waals surface area contributed by atoms with Crippen LogP contribution >= 0.6 is 0 Å². The van der Waals surface area contributed by atoms with Gasteiger partial charge in [0.15, 0.2) is 0 Å². The van der Waals surface area contributed by atoms with Crippen LogP contribution in [0.3, 0.4) is 0 Å². The van der Waals surface area contributed by atoms with Gasteiger partial charge in [-0.1, -0.05) is 25.3 Å². The molecule has 0 saturated heterocycles. The molecule has 0 bridgehead atoms. The predicted molar refractivity (Wildman–Crippen MR) is 114 cm³/mol. The second-order valence-electron chi connectivity index (χ2n) is 7.15. The molecular formula is C23H30N2O4. The summed E-state index contributed by atoms with van der Waals surface area (Å²) in [5.74, 6) is 1.42. The standard InChI is InChI=1S/C23H30N2O4/c1-27-20-9-6-10-21(28-2)22(20)23(26)25-18-11-13-19(14-12-18)29-16-15-24-17-7-4-3-5-8-17/h6,9-14,17,24H,3-5,7-8,15-16H2,1-2H3,(H,25,26). The van der Waals surface area contributed by atoms with Crippen LogP contribution in [0.1, 0.15) is 42.5 Å². The first kappa shape index (κ1) is 21.0. The molecule has 1 fully saturated rings. The number of amides is 1. The molecule has 0 heterocycles. The summed E-state index contributed by atoms with van der Waals surface area (Å²) in [5.41, 5.74) is 1.04. The van der Waals surface area contributed by atoms with E-state index in [0.29, 0.717) is 35.4 Å². The average molecular weight is 399 g/mol. The summed E-state index contributed by atoms with van der Waals surface area (Å²) in [4.78, 5) is 12.7. The zero-order valence-corrected chi connectivity index (χ0v) is 17.2. The third-order valence-corrected chi connectivity index (χ3v) is 5.18. The van der Waals surface area contributed by atoms with Gasteiger partial charge in [-0.2, -0.15) is 0 Å². The van der Waals surface area contributed by atoms with E-state index >= 15 is 0 Å². The van der Waals surface area contributed by atoms with Crippen molar-refractivity contribution in [3.8, 4) is 17.2 Å². The zero-order chi connectivity index (χ0) is 20.5. The minimum absolute atomic E-state index is 0.287. The topological polar surface area (TPSA) is 68.8 Å². The molecule has 1 amide bonds. The van der Waals surface area contributed by atoms with Crippen LogP contribution in [0.2, 0.25) is 0 Å². The number of carbonyl (C=O) groups is 1. The fourth-order valence-electron chi connectivity index (χ4n) is 3.64. The van der Waals surface area contributed by atoms with Crippen LogP contribution in [0.5, 0.6) is 17.2 Å². The van der Waals surface area contributed by atoms with Crippen molar-refractivity contribution in [2.75, 3.05) is 32.7 Å². The van der Waals surface area contributed by atoms with Crippen molar-refractivity contribution >= 4 is 11.6 Å². The Kier molecular flexibility index (Phi) is 7.76. The van der Waals surface area contributed by atoms with Crippen molar-refractivity contribution in [1.29, 1.82) is 0 Å². The molecule has 1 aliphatic rings. The summed E-state index contributed by atoms with van der Waals surface area (Å²) >= 11 is 0. The SMILES string of the molecule is COc1cccc(OC)c1C(=O)Nc1ccc(OCCNC2CCCCC2)cc1. The van der Waals surface area contributed by atoms with Gasteiger partial charge in [0.25, 0.3) is 5.91 Å². The maximum atomic E-state index is 12.7. The lowest BCUT2D eigenvalue weighted by molar-refractivity contribution is 0.102. The van der Waals surface area contributed by atoms with Gasteiger partial charge in [0.1, 0.15) is 29.4 Å². The minimum Gasteiger partial charge on any atom is -0.496 e. The van der Waals surface area contributed by atoms with Gasteiger partial charge in [0, 0.05) is 18.3 Å². The fourth-order valence-corrected chi connectivity index (χ4v) is 3.64. The van der Waals surface area contributed by atoms with E-state index in [9.17, 15) is 4.79 Å². The van der Waals surface area contributed by atoms with Crippen molar-refractivity contribution in [2.45, 2.75) is 38.1 Å². The molecule has 1 aliphatic carbocycles. The third kappa shape index (κ3) is 5.87. The summed E-state index contributed by atoms with van der Waals surface area (Å²) in [6.07, 6.45) is 6.55. The molecule has 156 valence electrons. The Morgan fingerprint density at radius 3 is 2.24 bits per heavy atom. The number of methoxy groups -OCH3 is 2. The molecule has 0 unspecified atom stereocenters. The second-order valence-corrected chi connectivity index (χ2v) is 7.15. The molecule has 1 saturated carbocycles. The van der Waals surface area contributed by atoms with Gasteiger partial charge >= 0.3 is 0 Å². The van der Waals surface area contributed by atoms with Gasteiger partial charge < -0.3 is 24.8 Å². The van der Waals surface area contributed by atoms with Crippen LogP contribution in [0.4, 0.5) is 5.69 Å². The Labute approximate surface area is 172 Å². The van der Waals surface area contributed by atoms with E-state index in [2.05, 4.69) is 10.6 Å². The number of benzene rings is 2. The highest BCUT2D eigenvalue weighted by Gasteiger charge is 2.18. The Balaban J connectivity index is 1.51. The highest BCUT2D eigenvalue weighted by molar-refractivity contribution is 6.08. The number of ether oxygens (including phenoxy) is 3. The number of hydrogen-bond donors (Lipinski definition) is 2. The fraction of sp³-hybridized carbons (Fsp3) is 0.435. The third-order valence-electron chi connectivity index (χ3n) is 5.18. The first-order chi connectivity index (χ1) is 14.2. The summed E-state index contributed by atoms with van der Waals surface area (Å²) < 4.78 is 16.4. The van der Waals surface area contributed by atoms with Crippen LogP contribution in [-0.4, -0.2) is 39.3 Å². The van der Waals surface area contributed by atoms with Crippen molar-refractivity contribution in [3.63, 3.8) is 0 Å². The summed E-state index contributed by atoms with van der Waals surface area (Å²) in [6.45, 7) is 1.47. The second kappa shape index (κ2) is 10.7. The highest BCUT2D eigenvalue weighted by atomic mass is 16.5. The Morgan fingerprint density at radius 1 is 0.966 bits per heavy atom. The molecule has 6 nitrogen and oxygen atoms in total. The van der Waals surface area contributed by atoms with Gasteiger partial charge in [-0.3, -0.25) is 4.79 Å². The minimum atomic E-state index is -0.287. The average Bonchev–Trinajstić information content (AvgIpc) is 2.77. The van der Waals surface area contributed by atoms with E-state index in [1.165, 1.54) is 46.3 Å². The lowest BCUT2D eigenvalue weighted by Crippen LogP contribution is -2.34. The lowest BCUT2D eigenvalue weighted by atomic mass is 9.96. The largest absolute Gasteiger partial charge is 0.496 e. The smallest absolute Gasteiger partial charge is 0.263 e. The number of carbonyl (C=O) groups excluding carboxylic acids is 1. The van der Waals surface area contributed by atoms with E-state index < -0.39 is 0 Å². The van der Waals surface area contributed by atoms with Crippen LogP contribution in [0, 0.1) is 0 Å². The Bertz CT molecular complexity index is 764. The van der Waals surface area contributed by atoms with E-state index in [1.807, 2.05) is 24.3 Å². The number of anilines is 1. The van der Waals surface area contributed by atoms with Gasteiger partial charge in [0.05, 0.1) is 14.2 Å². The number of nitrogens with one attached hydrogen (secondary N) is 2. The van der Waals surface area contributed by atoms with E-state index in [4.69, 9.17) is 14.2 Å². The number of rotatable bonds is 9. The van der Waals surface area contributed by atoms with Gasteiger partial charge in [-0.25, -0.2) is 0 Å². The summed E-state index contributed by atoms with van der Waals surface area (Å²) in [6, 6.07) is 13.2. The quantitative estimate of drug-likeness (QED) is 0.618. The highest BCUT2D eigenvalue weighted by Crippen LogP contribution is 2.29. The van der Waals surface area contributed by atoms with Crippen LogP contribution in [0.15, 0.2) is 42.5 Å². The molecule has 0 aromatic heterocycles.